The minimum absolute atomic E-state index is 0.0649. The lowest BCUT2D eigenvalue weighted by Crippen LogP contribution is -2.30. The third-order valence-electron chi connectivity index (χ3n) is 12.3. The van der Waals surface area contributed by atoms with Crippen molar-refractivity contribution < 1.29 is 28.6 Å². The summed E-state index contributed by atoms with van der Waals surface area (Å²) >= 11 is 0. The zero-order valence-electron chi connectivity index (χ0n) is 40.5. The second-order valence-corrected chi connectivity index (χ2v) is 19.4. The molecule has 2 atom stereocenters. The lowest BCUT2D eigenvalue weighted by molar-refractivity contribution is -0.167. The van der Waals surface area contributed by atoms with Crippen LogP contribution in [-0.4, -0.2) is 37.2 Å². The number of unbranched alkanes of at least 4 members (excludes halogenated alkanes) is 28. The van der Waals surface area contributed by atoms with Crippen molar-refractivity contribution in [3.05, 3.63) is 0 Å². The summed E-state index contributed by atoms with van der Waals surface area (Å²) < 4.78 is 16.8. The topological polar surface area (TPSA) is 78.9 Å². The number of carbonyl (C=O) groups is 3. The Morgan fingerprint density at radius 1 is 0.339 bits per heavy atom. The molecule has 6 heteroatoms. The van der Waals surface area contributed by atoms with Gasteiger partial charge in [-0.05, 0) is 37.0 Å². The summed E-state index contributed by atoms with van der Waals surface area (Å²) in [6.45, 7) is 13.7. The van der Waals surface area contributed by atoms with E-state index in [0.29, 0.717) is 19.3 Å². The maximum absolute atomic E-state index is 12.8. The van der Waals surface area contributed by atoms with Crippen molar-refractivity contribution in [2.75, 3.05) is 13.2 Å². The van der Waals surface area contributed by atoms with E-state index in [1.807, 2.05) is 0 Å². The Kier molecular flexibility index (Phi) is 43.3. The highest BCUT2D eigenvalue weighted by molar-refractivity contribution is 5.71. The van der Waals surface area contributed by atoms with Gasteiger partial charge < -0.3 is 14.2 Å². The Hall–Kier alpha value is -1.59. The van der Waals surface area contributed by atoms with Crippen LogP contribution in [0.5, 0.6) is 0 Å². The van der Waals surface area contributed by atoms with Gasteiger partial charge in [-0.2, -0.15) is 0 Å². The molecule has 0 N–H and O–H groups in total. The first-order valence-electron chi connectivity index (χ1n) is 26.1. The Bertz CT molecular complexity index is 916. The molecule has 0 aliphatic rings. The summed E-state index contributed by atoms with van der Waals surface area (Å²) in [5, 5.41) is 0. The summed E-state index contributed by atoms with van der Waals surface area (Å²) in [5.74, 6) is 1.65. The molecule has 0 heterocycles. The Labute approximate surface area is 368 Å². The fourth-order valence-corrected chi connectivity index (χ4v) is 7.91. The van der Waals surface area contributed by atoms with Crippen LogP contribution >= 0.6 is 0 Å². The van der Waals surface area contributed by atoms with Crippen LogP contribution in [0.4, 0.5) is 0 Å². The molecule has 0 radical (unpaired) electrons. The van der Waals surface area contributed by atoms with Crippen LogP contribution in [0, 0.1) is 17.8 Å². The molecule has 0 aliphatic heterocycles. The molecule has 0 fully saturated rings. The predicted molar refractivity (Wildman–Crippen MR) is 252 cm³/mol. The van der Waals surface area contributed by atoms with E-state index in [2.05, 4.69) is 41.5 Å². The van der Waals surface area contributed by atoms with E-state index >= 15 is 0 Å². The average Bonchev–Trinajstić information content (AvgIpc) is 3.20. The first-order chi connectivity index (χ1) is 28.6. The molecule has 0 aromatic carbocycles. The van der Waals surface area contributed by atoms with E-state index in [1.54, 1.807) is 0 Å². The molecule has 6 nitrogen and oxygen atoms in total. The fraction of sp³-hybridized carbons (Fsp3) is 0.943. The zero-order chi connectivity index (χ0) is 43.4. The van der Waals surface area contributed by atoms with Crippen LogP contribution < -0.4 is 0 Å². The normalized spacial score (nSPS) is 12.6. The van der Waals surface area contributed by atoms with Crippen molar-refractivity contribution in [2.45, 2.75) is 292 Å². The molecule has 0 saturated heterocycles. The third kappa shape index (κ3) is 45.8. The highest BCUT2D eigenvalue weighted by atomic mass is 16.6. The number of rotatable bonds is 46. The van der Waals surface area contributed by atoms with Crippen molar-refractivity contribution in [1.29, 1.82) is 0 Å². The van der Waals surface area contributed by atoms with Crippen molar-refractivity contribution in [2.24, 2.45) is 17.8 Å². The molecule has 0 aromatic rings. The molecule has 0 spiro atoms. The molecule has 0 aromatic heterocycles. The number of hydrogen-bond donors (Lipinski definition) is 0. The summed E-state index contributed by atoms with van der Waals surface area (Å²) in [6, 6.07) is 0. The van der Waals surface area contributed by atoms with Crippen LogP contribution in [0.15, 0.2) is 0 Å². The Morgan fingerprint density at radius 3 is 0.881 bits per heavy atom. The van der Waals surface area contributed by atoms with Crippen molar-refractivity contribution in [3.8, 4) is 0 Å². The van der Waals surface area contributed by atoms with Gasteiger partial charge in [0.1, 0.15) is 13.2 Å². The van der Waals surface area contributed by atoms with Gasteiger partial charge in [0, 0.05) is 19.3 Å². The van der Waals surface area contributed by atoms with Crippen LogP contribution in [0.25, 0.3) is 0 Å². The first kappa shape index (κ1) is 57.4. The maximum atomic E-state index is 12.8. The molecular weight excluding hydrogens is 733 g/mol. The summed E-state index contributed by atoms with van der Waals surface area (Å²) in [6.07, 6.45) is 43.7. The Balaban J connectivity index is 4.31. The zero-order valence-corrected chi connectivity index (χ0v) is 40.5. The largest absolute Gasteiger partial charge is 0.462 e. The first-order valence-corrected chi connectivity index (χ1v) is 26.1. The van der Waals surface area contributed by atoms with E-state index in [4.69, 9.17) is 14.2 Å². The van der Waals surface area contributed by atoms with Gasteiger partial charge in [0.2, 0.25) is 0 Å². The van der Waals surface area contributed by atoms with Gasteiger partial charge in [-0.25, -0.2) is 0 Å². The summed E-state index contributed by atoms with van der Waals surface area (Å²) in [4.78, 5) is 38.0. The van der Waals surface area contributed by atoms with Gasteiger partial charge >= 0.3 is 17.9 Å². The number of ether oxygens (including phenoxy) is 3. The van der Waals surface area contributed by atoms with Crippen molar-refractivity contribution in [3.63, 3.8) is 0 Å². The average molecular weight is 835 g/mol. The standard InChI is InChI=1S/C53H102O6/c1-7-49(6)41-35-29-23-19-20-26-32-38-44-53(56)59-50(46-58-52(55)43-37-31-25-18-14-13-16-22-28-34-40-48(4)5)45-57-51(54)42-36-30-24-17-12-10-8-9-11-15-21-27-33-39-47(2)3/h47-50H,7-46H2,1-6H3/t49?,50-/m1/s1. The quantitative estimate of drug-likeness (QED) is 0.0345. The highest BCUT2D eigenvalue weighted by Gasteiger charge is 2.19. The molecule has 0 rings (SSSR count). The molecule has 0 saturated carbocycles. The van der Waals surface area contributed by atoms with Gasteiger partial charge in [0.05, 0.1) is 0 Å². The smallest absolute Gasteiger partial charge is 0.306 e. The minimum atomic E-state index is -0.763. The van der Waals surface area contributed by atoms with E-state index in [-0.39, 0.29) is 31.1 Å². The van der Waals surface area contributed by atoms with Gasteiger partial charge in [-0.3, -0.25) is 14.4 Å². The fourth-order valence-electron chi connectivity index (χ4n) is 7.91. The van der Waals surface area contributed by atoms with Crippen LogP contribution in [0.2, 0.25) is 0 Å². The second kappa shape index (κ2) is 44.5. The van der Waals surface area contributed by atoms with Crippen molar-refractivity contribution >= 4 is 17.9 Å². The maximum Gasteiger partial charge on any atom is 0.306 e. The predicted octanol–water partition coefficient (Wildman–Crippen LogP) is 16.8. The number of carbonyl (C=O) groups excluding carboxylic acids is 3. The third-order valence-corrected chi connectivity index (χ3v) is 12.3. The highest BCUT2D eigenvalue weighted by Crippen LogP contribution is 2.18. The molecule has 0 aliphatic carbocycles. The van der Waals surface area contributed by atoms with E-state index in [1.165, 1.54) is 167 Å². The Morgan fingerprint density at radius 2 is 0.593 bits per heavy atom. The lowest BCUT2D eigenvalue weighted by Gasteiger charge is -2.18. The molecule has 59 heavy (non-hydrogen) atoms. The van der Waals surface area contributed by atoms with Gasteiger partial charge in [-0.1, -0.05) is 247 Å². The molecule has 0 bridgehead atoms. The molecule has 350 valence electrons. The van der Waals surface area contributed by atoms with Crippen LogP contribution in [0.1, 0.15) is 286 Å². The number of esters is 3. The molecular formula is C53H102O6. The van der Waals surface area contributed by atoms with Gasteiger partial charge in [0.25, 0.3) is 0 Å². The lowest BCUT2D eigenvalue weighted by atomic mass is 9.99. The van der Waals surface area contributed by atoms with Crippen LogP contribution in [-0.2, 0) is 28.6 Å². The SMILES string of the molecule is CCC(C)CCCCCCCCCCC(=O)O[C@H](COC(=O)CCCCCCCCCCCCCCCC(C)C)COC(=O)CCCCCCCCCCCCC(C)C. The number of hydrogen-bond acceptors (Lipinski definition) is 6. The van der Waals surface area contributed by atoms with E-state index < -0.39 is 6.10 Å². The van der Waals surface area contributed by atoms with Crippen molar-refractivity contribution in [1.82, 2.24) is 0 Å². The minimum Gasteiger partial charge on any atom is -0.462 e. The van der Waals surface area contributed by atoms with E-state index in [9.17, 15) is 14.4 Å². The summed E-state index contributed by atoms with van der Waals surface area (Å²) in [5.41, 5.74) is 0. The van der Waals surface area contributed by atoms with Gasteiger partial charge in [0.15, 0.2) is 6.10 Å². The van der Waals surface area contributed by atoms with E-state index in [0.717, 1.165) is 75.5 Å². The monoisotopic (exact) mass is 835 g/mol. The van der Waals surface area contributed by atoms with Crippen LogP contribution in [0.3, 0.4) is 0 Å². The molecule has 1 unspecified atom stereocenters. The van der Waals surface area contributed by atoms with Gasteiger partial charge in [-0.15, -0.1) is 0 Å². The second-order valence-electron chi connectivity index (χ2n) is 19.4. The summed E-state index contributed by atoms with van der Waals surface area (Å²) in [7, 11) is 0. The molecule has 0 amide bonds.